The summed E-state index contributed by atoms with van der Waals surface area (Å²) in [5.74, 6) is 0.0856. The van der Waals surface area contributed by atoms with Crippen LogP contribution in [-0.2, 0) is 0 Å². The Hall–Kier alpha value is -1.58. The number of rotatable bonds is 2. The number of hydrogen-bond donors (Lipinski definition) is 1. The van der Waals surface area contributed by atoms with E-state index in [1.165, 1.54) is 0 Å². The van der Waals surface area contributed by atoms with Gasteiger partial charge in [0.1, 0.15) is 0 Å². The molecule has 4 heteroatoms. The first kappa shape index (κ1) is 10.9. The number of carbonyl (C=O) groups excluding carboxylic acids is 1. The Bertz CT molecular complexity index is 392. The van der Waals surface area contributed by atoms with Crippen LogP contribution in [0.25, 0.3) is 0 Å². The van der Waals surface area contributed by atoms with Crippen molar-refractivity contribution in [3.63, 3.8) is 0 Å². The Balaban J connectivity index is 2.26. The molecule has 1 aliphatic heterocycles. The molecular formula is C12H17N3O. The van der Waals surface area contributed by atoms with E-state index >= 15 is 0 Å². The predicted molar refractivity (Wildman–Crippen MR) is 63.5 cm³/mol. The number of aromatic nitrogens is 1. The lowest BCUT2D eigenvalue weighted by Gasteiger charge is -2.22. The van der Waals surface area contributed by atoms with E-state index in [0.717, 1.165) is 25.1 Å². The lowest BCUT2D eigenvalue weighted by Crippen LogP contribution is -2.34. The van der Waals surface area contributed by atoms with Crippen molar-refractivity contribution in [2.75, 3.05) is 18.9 Å². The highest BCUT2D eigenvalue weighted by molar-refractivity contribution is 5.99. The van der Waals surface area contributed by atoms with Gasteiger partial charge in [-0.15, -0.1) is 0 Å². The highest BCUT2D eigenvalue weighted by Gasteiger charge is 2.27. The number of pyridine rings is 1. The number of likely N-dealkylation sites (tertiary alicyclic amines) is 1. The van der Waals surface area contributed by atoms with Crippen LogP contribution in [0.2, 0.25) is 0 Å². The Morgan fingerprint density at radius 2 is 2.44 bits per heavy atom. The summed E-state index contributed by atoms with van der Waals surface area (Å²) in [6, 6.07) is 2.17. The zero-order valence-electron chi connectivity index (χ0n) is 9.73. The van der Waals surface area contributed by atoms with Gasteiger partial charge in [-0.3, -0.25) is 9.78 Å². The summed E-state index contributed by atoms with van der Waals surface area (Å²) in [4.78, 5) is 18.2. The van der Waals surface area contributed by atoms with Gasteiger partial charge in [-0.05, 0) is 25.8 Å². The molecule has 0 saturated carbocycles. The minimum atomic E-state index is 0.0856. The van der Waals surface area contributed by atoms with Crippen LogP contribution >= 0.6 is 0 Å². The Morgan fingerprint density at radius 1 is 1.62 bits per heavy atom. The first-order valence-corrected chi connectivity index (χ1v) is 5.66. The van der Waals surface area contributed by atoms with Gasteiger partial charge < -0.3 is 10.2 Å². The highest BCUT2D eigenvalue weighted by Crippen LogP contribution is 2.22. The second-order valence-corrected chi connectivity index (χ2v) is 4.16. The third kappa shape index (κ3) is 1.87. The van der Waals surface area contributed by atoms with Gasteiger partial charge >= 0.3 is 0 Å². The van der Waals surface area contributed by atoms with Crippen molar-refractivity contribution in [3.8, 4) is 0 Å². The zero-order valence-corrected chi connectivity index (χ0v) is 9.73. The molecule has 1 aliphatic rings. The smallest absolute Gasteiger partial charge is 0.257 e. The molecule has 2 rings (SSSR count). The number of amides is 1. The van der Waals surface area contributed by atoms with Crippen molar-refractivity contribution in [2.45, 2.75) is 25.8 Å². The van der Waals surface area contributed by atoms with Gasteiger partial charge in [0.2, 0.25) is 0 Å². The molecule has 86 valence electrons. The number of nitrogens with zero attached hydrogens (tertiary/aromatic N) is 2. The van der Waals surface area contributed by atoms with E-state index < -0.39 is 0 Å². The van der Waals surface area contributed by atoms with Crippen LogP contribution in [0.4, 0.5) is 5.69 Å². The van der Waals surface area contributed by atoms with Gasteiger partial charge in [-0.2, -0.15) is 0 Å². The van der Waals surface area contributed by atoms with Gasteiger partial charge in [0.15, 0.2) is 0 Å². The third-order valence-electron chi connectivity index (χ3n) is 3.13. The van der Waals surface area contributed by atoms with Gasteiger partial charge in [-0.1, -0.05) is 0 Å². The van der Waals surface area contributed by atoms with Crippen molar-refractivity contribution in [2.24, 2.45) is 0 Å². The molecule has 0 radical (unpaired) electrons. The van der Waals surface area contributed by atoms with Gasteiger partial charge in [-0.25, -0.2) is 0 Å². The van der Waals surface area contributed by atoms with Gasteiger partial charge in [0.25, 0.3) is 5.91 Å². The normalized spacial score (nSPS) is 19.9. The van der Waals surface area contributed by atoms with Crippen molar-refractivity contribution in [1.29, 1.82) is 0 Å². The average molecular weight is 219 g/mol. The highest BCUT2D eigenvalue weighted by atomic mass is 16.2. The molecule has 1 unspecified atom stereocenters. The molecule has 0 aliphatic carbocycles. The van der Waals surface area contributed by atoms with E-state index in [2.05, 4.69) is 17.2 Å². The Kier molecular flexibility index (Phi) is 3.08. The molecule has 2 heterocycles. The molecule has 0 spiro atoms. The number of nitrogens with one attached hydrogen (secondary N) is 1. The fourth-order valence-electron chi connectivity index (χ4n) is 2.17. The second kappa shape index (κ2) is 4.51. The summed E-state index contributed by atoms with van der Waals surface area (Å²) >= 11 is 0. The van der Waals surface area contributed by atoms with Gasteiger partial charge in [0, 0.05) is 37.7 Å². The minimum Gasteiger partial charge on any atom is -0.387 e. The van der Waals surface area contributed by atoms with Crippen LogP contribution in [0, 0.1) is 0 Å². The Labute approximate surface area is 95.7 Å². The van der Waals surface area contributed by atoms with Crippen LogP contribution in [0.5, 0.6) is 0 Å². The first-order chi connectivity index (χ1) is 7.74. The van der Waals surface area contributed by atoms with E-state index in [9.17, 15) is 4.79 Å². The number of carbonyl (C=O) groups is 1. The van der Waals surface area contributed by atoms with E-state index in [1.807, 2.05) is 18.0 Å². The topological polar surface area (TPSA) is 45.2 Å². The number of hydrogen-bond acceptors (Lipinski definition) is 3. The van der Waals surface area contributed by atoms with Crippen molar-refractivity contribution in [1.82, 2.24) is 9.88 Å². The zero-order chi connectivity index (χ0) is 11.5. The number of anilines is 1. The monoisotopic (exact) mass is 219 g/mol. The van der Waals surface area contributed by atoms with Crippen LogP contribution < -0.4 is 5.32 Å². The quantitative estimate of drug-likeness (QED) is 0.824. The van der Waals surface area contributed by atoms with Crippen LogP contribution in [0.3, 0.4) is 0 Å². The molecule has 1 amide bonds. The van der Waals surface area contributed by atoms with E-state index in [-0.39, 0.29) is 5.91 Å². The third-order valence-corrected chi connectivity index (χ3v) is 3.13. The molecule has 1 fully saturated rings. The molecule has 1 saturated heterocycles. The molecule has 16 heavy (non-hydrogen) atoms. The first-order valence-electron chi connectivity index (χ1n) is 5.66. The van der Waals surface area contributed by atoms with Gasteiger partial charge in [0.05, 0.1) is 5.56 Å². The van der Waals surface area contributed by atoms with E-state index in [0.29, 0.717) is 11.6 Å². The van der Waals surface area contributed by atoms with Crippen molar-refractivity contribution in [3.05, 3.63) is 24.0 Å². The molecule has 0 bridgehead atoms. The summed E-state index contributed by atoms with van der Waals surface area (Å²) < 4.78 is 0. The van der Waals surface area contributed by atoms with Crippen molar-refractivity contribution < 1.29 is 4.79 Å². The largest absolute Gasteiger partial charge is 0.387 e. The molecule has 1 N–H and O–H groups in total. The summed E-state index contributed by atoms with van der Waals surface area (Å²) in [5.41, 5.74) is 1.51. The lowest BCUT2D eigenvalue weighted by atomic mass is 10.2. The van der Waals surface area contributed by atoms with Crippen LogP contribution in [0.15, 0.2) is 18.5 Å². The molecule has 1 aromatic rings. The summed E-state index contributed by atoms with van der Waals surface area (Å²) in [6.45, 7) is 2.96. The lowest BCUT2D eigenvalue weighted by molar-refractivity contribution is 0.0748. The Morgan fingerprint density at radius 3 is 3.06 bits per heavy atom. The SMILES string of the molecule is CNc1ccncc1C(=O)N1CCCC1C. The standard InChI is InChI=1S/C12H17N3O/c1-9-4-3-7-15(9)12(16)10-8-14-6-5-11(10)13-2/h5-6,8-9H,3-4,7H2,1-2H3,(H,13,14). The summed E-state index contributed by atoms with van der Waals surface area (Å²) in [7, 11) is 1.82. The van der Waals surface area contributed by atoms with Crippen LogP contribution in [0.1, 0.15) is 30.1 Å². The van der Waals surface area contributed by atoms with Crippen LogP contribution in [-0.4, -0.2) is 35.4 Å². The molecule has 4 nitrogen and oxygen atoms in total. The maximum Gasteiger partial charge on any atom is 0.257 e. The molecular weight excluding hydrogens is 202 g/mol. The fourth-order valence-corrected chi connectivity index (χ4v) is 2.17. The molecule has 0 aromatic carbocycles. The maximum atomic E-state index is 12.3. The molecule has 1 aromatic heterocycles. The predicted octanol–water partition coefficient (Wildman–Crippen LogP) is 1.75. The summed E-state index contributed by atoms with van der Waals surface area (Å²) in [6.07, 6.45) is 5.53. The second-order valence-electron chi connectivity index (χ2n) is 4.16. The van der Waals surface area contributed by atoms with Crippen molar-refractivity contribution >= 4 is 11.6 Å². The average Bonchev–Trinajstić information content (AvgIpc) is 2.74. The van der Waals surface area contributed by atoms with E-state index in [1.54, 1.807) is 12.4 Å². The molecule has 1 atom stereocenters. The maximum absolute atomic E-state index is 12.3. The summed E-state index contributed by atoms with van der Waals surface area (Å²) in [5, 5.41) is 3.03. The minimum absolute atomic E-state index is 0.0856. The fraction of sp³-hybridized carbons (Fsp3) is 0.500. The van der Waals surface area contributed by atoms with E-state index in [4.69, 9.17) is 0 Å².